The van der Waals surface area contributed by atoms with Crippen molar-refractivity contribution in [1.29, 1.82) is 0 Å². The van der Waals surface area contributed by atoms with Gasteiger partial charge in [0.25, 0.3) is 5.91 Å². The van der Waals surface area contributed by atoms with Gasteiger partial charge in [0.15, 0.2) is 0 Å². The van der Waals surface area contributed by atoms with E-state index < -0.39 is 0 Å². The fourth-order valence-corrected chi connectivity index (χ4v) is 3.15. The van der Waals surface area contributed by atoms with E-state index in [9.17, 15) is 4.79 Å². The summed E-state index contributed by atoms with van der Waals surface area (Å²) in [5.74, 6) is 0.554. The van der Waals surface area contributed by atoms with Gasteiger partial charge in [-0.25, -0.2) is 4.98 Å². The Labute approximate surface area is 149 Å². The standard InChI is InChI=1S/C18H15ClN2O2S/c1-23-13-8-6-12(7-9-13)10-17-20-16(11-24-17)18(22)21-15-5-3-2-4-14(15)19/h2-9,11H,10H2,1H3,(H,21,22). The van der Waals surface area contributed by atoms with E-state index in [0.717, 1.165) is 16.3 Å². The van der Waals surface area contributed by atoms with Gasteiger partial charge in [0.1, 0.15) is 11.4 Å². The summed E-state index contributed by atoms with van der Waals surface area (Å²) in [6.45, 7) is 0. The molecule has 1 N–H and O–H groups in total. The largest absolute Gasteiger partial charge is 0.497 e. The average molecular weight is 359 g/mol. The second kappa shape index (κ2) is 7.47. The van der Waals surface area contributed by atoms with Crippen LogP contribution in [-0.4, -0.2) is 18.0 Å². The van der Waals surface area contributed by atoms with Gasteiger partial charge in [0.05, 0.1) is 22.8 Å². The summed E-state index contributed by atoms with van der Waals surface area (Å²) in [6, 6.07) is 14.9. The molecule has 1 heterocycles. The molecule has 4 nitrogen and oxygen atoms in total. The van der Waals surface area contributed by atoms with Gasteiger partial charge in [0, 0.05) is 11.8 Å². The zero-order valence-electron chi connectivity index (χ0n) is 13.0. The number of para-hydroxylation sites is 1. The summed E-state index contributed by atoms with van der Waals surface area (Å²) >= 11 is 7.51. The number of aromatic nitrogens is 1. The summed E-state index contributed by atoms with van der Waals surface area (Å²) in [6.07, 6.45) is 0.675. The molecule has 1 amide bonds. The normalized spacial score (nSPS) is 10.4. The van der Waals surface area contributed by atoms with Crippen molar-refractivity contribution in [3.8, 4) is 5.75 Å². The Morgan fingerprint density at radius 3 is 2.67 bits per heavy atom. The Morgan fingerprint density at radius 1 is 1.21 bits per heavy atom. The van der Waals surface area contributed by atoms with Gasteiger partial charge in [-0.05, 0) is 29.8 Å². The fraction of sp³-hybridized carbons (Fsp3) is 0.111. The lowest BCUT2D eigenvalue weighted by Gasteiger charge is -2.04. The number of ether oxygens (including phenoxy) is 1. The molecule has 0 saturated heterocycles. The topological polar surface area (TPSA) is 51.2 Å². The SMILES string of the molecule is COc1ccc(Cc2nc(C(=O)Nc3ccccc3Cl)cs2)cc1. The number of amides is 1. The predicted octanol–water partition coefficient (Wildman–Crippen LogP) is 4.65. The highest BCUT2D eigenvalue weighted by molar-refractivity contribution is 7.09. The van der Waals surface area contributed by atoms with Gasteiger partial charge < -0.3 is 10.1 Å². The number of nitrogens with one attached hydrogen (secondary N) is 1. The first-order valence-electron chi connectivity index (χ1n) is 7.29. The van der Waals surface area contributed by atoms with E-state index in [-0.39, 0.29) is 5.91 Å². The lowest BCUT2D eigenvalue weighted by molar-refractivity contribution is 0.102. The molecule has 2 aromatic carbocycles. The minimum Gasteiger partial charge on any atom is -0.497 e. The lowest BCUT2D eigenvalue weighted by Crippen LogP contribution is -2.12. The highest BCUT2D eigenvalue weighted by Crippen LogP contribution is 2.22. The number of carbonyl (C=O) groups is 1. The Bertz CT molecular complexity index is 846. The van der Waals surface area contributed by atoms with Crippen LogP contribution in [0.5, 0.6) is 5.75 Å². The Balaban J connectivity index is 1.68. The van der Waals surface area contributed by atoms with Crippen molar-refractivity contribution >= 4 is 34.5 Å². The second-order valence-corrected chi connectivity index (χ2v) is 6.44. The van der Waals surface area contributed by atoms with E-state index >= 15 is 0 Å². The molecular formula is C18H15ClN2O2S. The van der Waals surface area contributed by atoms with E-state index in [0.29, 0.717) is 22.8 Å². The maximum absolute atomic E-state index is 12.3. The molecule has 0 atom stereocenters. The molecule has 0 fully saturated rings. The van der Waals surface area contributed by atoms with Crippen molar-refractivity contribution < 1.29 is 9.53 Å². The molecule has 6 heteroatoms. The van der Waals surface area contributed by atoms with Crippen LogP contribution in [0.25, 0.3) is 0 Å². The third-order valence-electron chi connectivity index (χ3n) is 3.42. The quantitative estimate of drug-likeness (QED) is 0.722. The molecular weight excluding hydrogens is 344 g/mol. The summed E-state index contributed by atoms with van der Waals surface area (Å²) in [7, 11) is 1.64. The number of nitrogens with zero attached hydrogens (tertiary/aromatic N) is 1. The van der Waals surface area contributed by atoms with E-state index in [1.54, 1.807) is 24.6 Å². The monoisotopic (exact) mass is 358 g/mol. The van der Waals surface area contributed by atoms with Gasteiger partial charge in [-0.1, -0.05) is 35.9 Å². The van der Waals surface area contributed by atoms with Crippen LogP contribution in [0.3, 0.4) is 0 Å². The van der Waals surface area contributed by atoms with Crippen molar-refractivity contribution in [3.05, 3.63) is 75.2 Å². The first kappa shape index (κ1) is 16.5. The Kier molecular flexibility index (Phi) is 5.13. The van der Waals surface area contributed by atoms with Crippen molar-refractivity contribution in [2.24, 2.45) is 0 Å². The molecule has 0 aliphatic carbocycles. The zero-order chi connectivity index (χ0) is 16.9. The van der Waals surface area contributed by atoms with Crippen LogP contribution in [0.2, 0.25) is 5.02 Å². The summed E-state index contributed by atoms with van der Waals surface area (Å²) in [5.41, 5.74) is 2.08. The highest BCUT2D eigenvalue weighted by atomic mass is 35.5. The van der Waals surface area contributed by atoms with Crippen molar-refractivity contribution in [3.63, 3.8) is 0 Å². The van der Waals surface area contributed by atoms with Crippen LogP contribution in [0.4, 0.5) is 5.69 Å². The highest BCUT2D eigenvalue weighted by Gasteiger charge is 2.12. The molecule has 122 valence electrons. The van der Waals surface area contributed by atoms with Crippen LogP contribution >= 0.6 is 22.9 Å². The van der Waals surface area contributed by atoms with Crippen LogP contribution < -0.4 is 10.1 Å². The number of hydrogen-bond donors (Lipinski definition) is 1. The van der Waals surface area contributed by atoms with Gasteiger partial charge in [-0.3, -0.25) is 4.79 Å². The summed E-state index contributed by atoms with van der Waals surface area (Å²) < 4.78 is 5.14. The lowest BCUT2D eigenvalue weighted by atomic mass is 10.1. The van der Waals surface area contributed by atoms with Crippen LogP contribution in [0, 0.1) is 0 Å². The molecule has 0 saturated carbocycles. The van der Waals surface area contributed by atoms with Crippen molar-refractivity contribution in [1.82, 2.24) is 4.98 Å². The number of hydrogen-bond acceptors (Lipinski definition) is 4. The third-order valence-corrected chi connectivity index (χ3v) is 4.60. The minimum absolute atomic E-state index is 0.264. The Hall–Kier alpha value is -2.37. The number of benzene rings is 2. The van der Waals surface area contributed by atoms with Crippen LogP contribution in [0.1, 0.15) is 21.1 Å². The maximum Gasteiger partial charge on any atom is 0.275 e. The number of carbonyl (C=O) groups excluding carboxylic acids is 1. The van der Waals surface area contributed by atoms with Crippen LogP contribution in [-0.2, 0) is 6.42 Å². The number of methoxy groups -OCH3 is 1. The maximum atomic E-state index is 12.3. The third kappa shape index (κ3) is 3.93. The fourth-order valence-electron chi connectivity index (χ4n) is 2.16. The number of halogens is 1. The summed E-state index contributed by atoms with van der Waals surface area (Å²) in [4.78, 5) is 16.7. The molecule has 0 radical (unpaired) electrons. The smallest absolute Gasteiger partial charge is 0.275 e. The van der Waals surface area contributed by atoms with E-state index in [2.05, 4.69) is 10.3 Å². The van der Waals surface area contributed by atoms with E-state index in [1.165, 1.54) is 11.3 Å². The van der Waals surface area contributed by atoms with E-state index in [1.807, 2.05) is 36.4 Å². The van der Waals surface area contributed by atoms with Gasteiger partial charge in [-0.15, -0.1) is 11.3 Å². The number of rotatable bonds is 5. The van der Waals surface area contributed by atoms with Crippen LogP contribution in [0.15, 0.2) is 53.9 Å². The van der Waals surface area contributed by atoms with Gasteiger partial charge in [0.2, 0.25) is 0 Å². The van der Waals surface area contributed by atoms with Crippen molar-refractivity contribution in [2.45, 2.75) is 6.42 Å². The molecule has 0 unspecified atom stereocenters. The molecule has 0 aliphatic rings. The molecule has 3 aromatic rings. The molecule has 0 spiro atoms. The number of anilines is 1. The first-order valence-corrected chi connectivity index (χ1v) is 8.54. The molecule has 3 rings (SSSR count). The minimum atomic E-state index is -0.264. The molecule has 0 aliphatic heterocycles. The number of thiazole rings is 1. The van der Waals surface area contributed by atoms with E-state index in [4.69, 9.17) is 16.3 Å². The Morgan fingerprint density at radius 2 is 1.96 bits per heavy atom. The zero-order valence-corrected chi connectivity index (χ0v) is 14.5. The molecule has 24 heavy (non-hydrogen) atoms. The van der Waals surface area contributed by atoms with Gasteiger partial charge in [-0.2, -0.15) is 0 Å². The van der Waals surface area contributed by atoms with Crippen molar-refractivity contribution in [2.75, 3.05) is 12.4 Å². The van der Waals surface area contributed by atoms with Gasteiger partial charge >= 0.3 is 0 Å². The average Bonchev–Trinajstić information content (AvgIpc) is 3.06. The first-order chi connectivity index (χ1) is 11.7. The summed E-state index contributed by atoms with van der Waals surface area (Å²) in [5, 5.41) is 5.91. The predicted molar refractivity (Wildman–Crippen MR) is 97.3 cm³/mol. The molecule has 1 aromatic heterocycles. The molecule has 0 bridgehead atoms. The second-order valence-electron chi connectivity index (χ2n) is 5.09.